The lowest BCUT2D eigenvalue weighted by atomic mass is 10.0. The van der Waals surface area contributed by atoms with Gasteiger partial charge < -0.3 is 9.88 Å². The van der Waals surface area contributed by atoms with Gasteiger partial charge in [0.1, 0.15) is 5.82 Å². The van der Waals surface area contributed by atoms with Gasteiger partial charge in [-0.2, -0.15) is 13.2 Å². The molecule has 3 aromatic heterocycles. The van der Waals surface area contributed by atoms with Crippen LogP contribution in [0.2, 0.25) is 0 Å². The van der Waals surface area contributed by atoms with Crippen molar-refractivity contribution < 1.29 is 21.6 Å². The number of fused-ring (bicyclic) bond motifs is 3. The lowest BCUT2D eigenvalue weighted by molar-refractivity contribution is -0.129. The number of H-pyrrole nitrogens is 1. The van der Waals surface area contributed by atoms with Crippen molar-refractivity contribution >= 4 is 32.5 Å². The Morgan fingerprint density at radius 1 is 1.33 bits per heavy atom. The van der Waals surface area contributed by atoms with E-state index in [2.05, 4.69) is 26.4 Å². The van der Waals surface area contributed by atoms with Gasteiger partial charge in [-0.3, -0.25) is 4.40 Å². The van der Waals surface area contributed by atoms with Crippen molar-refractivity contribution in [1.82, 2.24) is 19.4 Å². The molecule has 4 rings (SSSR count). The van der Waals surface area contributed by atoms with Crippen LogP contribution in [0.5, 0.6) is 0 Å². The summed E-state index contributed by atoms with van der Waals surface area (Å²) < 4.78 is 64.4. The highest BCUT2D eigenvalue weighted by molar-refractivity contribution is 7.95. The van der Waals surface area contributed by atoms with Gasteiger partial charge in [0.2, 0.25) is 0 Å². The SMILES string of the molecule is C=C([C@H]1C[C@@H](CC)N(c2cnc3cnc4[nH]ccc4n23)C1)S(=O)(=O)CCC(F)(F)F. The molecule has 2 atom stereocenters. The van der Waals surface area contributed by atoms with Crippen LogP contribution in [0.25, 0.3) is 16.8 Å². The van der Waals surface area contributed by atoms with Crippen molar-refractivity contribution in [2.24, 2.45) is 5.92 Å². The molecule has 1 saturated heterocycles. The average molecular weight is 441 g/mol. The number of hydrogen-bond donors (Lipinski definition) is 1. The van der Waals surface area contributed by atoms with E-state index >= 15 is 0 Å². The van der Waals surface area contributed by atoms with Crippen LogP contribution in [0.1, 0.15) is 26.2 Å². The molecule has 0 aromatic carbocycles. The molecular weight excluding hydrogens is 419 g/mol. The maximum Gasteiger partial charge on any atom is 0.390 e. The van der Waals surface area contributed by atoms with Gasteiger partial charge in [0.25, 0.3) is 0 Å². The Morgan fingerprint density at radius 3 is 2.80 bits per heavy atom. The van der Waals surface area contributed by atoms with Crippen molar-refractivity contribution in [3.05, 3.63) is 36.1 Å². The number of imidazole rings is 1. The molecule has 1 aliphatic rings. The number of aromatic nitrogens is 4. The van der Waals surface area contributed by atoms with E-state index in [-0.39, 0.29) is 10.9 Å². The van der Waals surface area contributed by atoms with Gasteiger partial charge in [-0.05, 0) is 18.9 Å². The number of alkyl halides is 3. The molecule has 30 heavy (non-hydrogen) atoms. The number of nitrogens with zero attached hydrogens (tertiary/aromatic N) is 4. The Bertz CT molecular complexity index is 1200. The Hall–Kier alpha value is -2.56. The standard InChI is InChI=1S/C19H22F3N5O2S/c1-3-14-8-13(12(2)30(28,29)7-5-19(20,21)22)11-26(14)17-10-24-16-9-25-18-15(27(16)17)4-6-23-18/h4,6,9-10,13-14,23H,2-3,5,7-8,11H2,1H3/t13-,14+/m0/s1. The van der Waals surface area contributed by atoms with Crippen molar-refractivity contribution in [3.63, 3.8) is 0 Å². The molecule has 11 heteroatoms. The molecule has 1 fully saturated rings. The summed E-state index contributed by atoms with van der Waals surface area (Å²) in [5, 5.41) is 0. The maximum absolute atomic E-state index is 12.5. The van der Waals surface area contributed by atoms with E-state index in [0.29, 0.717) is 24.3 Å². The Morgan fingerprint density at radius 2 is 2.10 bits per heavy atom. The fourth-order valence-electron chi connectivity index (χ4n) is 4.11. The molecule has 0 unspecified atom stereocenters. The van der Waals surface area contributed by atoms with Crippen LogP contribution in [0, 0.1) is 5.92 Å². The summed E-state index contributed by atoms with van der Waals surface area (Å²) in [5.74, 6) is -0.609. The summed E-state index contributed by atoms with van der Waals surface area (Å²) >= 11 is 0. The van der Waals surface area contributed by atoms with Crippen LogP contribution in [0.4, 0.5) is 19.0 Å². The minimum absolute atomic E-state index is 0.0200. The molecule has 7 nitrogen and oxygen atoms in total. The van der Waals surface area contributed by atoms with Gasteiger partial charge in [0.05, 0.1) is 30.1 Å². The molecule has 162 valence electrons. The normalized spacial score (nSPS) is 20.5. The first kappa shape index (κ1) is 20.7. The number of hydrogen-bond acceptors (Lipinski definition) is 5. The molecule has 0 radical (unpaired) electrons. The van der Waals surface area contributed by atoms with Gasteiger partial charge in [-0.25, -0.2) is 18.4 Å². The van der Waals surface area contributed by atoms with E-state index in [0.717, 1.165) is 17.8 Å². The largest absolute Gasteiger partial charge is 0.390 e. The number of rotatable bonds is 6. The monoisotopic (exact) mass is 441 g/mol. The molecule has 0 saturated carbocycles. The number of sulfone groups is 1. The van der Waals surface area contributed by atoms with E-state index < -0.39 is 34.1 Å². The zero-order chi connectivity index (χ0) is 21.7. The highest BCUT2D eigenvalue weighted by Gasteiger charge is 2.39. The summed E-state index contributed by atoms with van der Waals surface area (Å²) in [6.45, 7) is 6.03. The topological polar surface area (TPSA) is 83.4 Å². The zero-order valence-corrected chi connectivity index (χ0v) is 17.2. The van der Waals surface area contributed by atoms with Crippen LogP contribution in [-0.2, 0) is 9.84 Å². The maximum atomic E-state index is 12.5. The van der Waals surface area contributed by atoms with E-state index in [9.17, 15) is 21.6 Å². The Kier molecular flexibility index (Phi) is 5.03. The van der Waals surface area contributed by atoms with Gasteiger partial charge in [-0.15, -0.1) is 0 Å². The Balaban J connectivity index is 1.63. The first-order chi connectivity index (χ1) is 14.1. The van der Waals surface area contributed by atoms with Crippen LogP contribution in [0.15, 0.2) is 36.1 Å². The second kappa shape index (κ2) is 7.29. The first-order valence-electron chi connectivity index (χ1n) is 9.65. The molecule has 0 aliphatic carbocycles. The van der Waals surface area contributed by atoms with Crippen molar-refractivity contribution in [1.29, 1.82) is 0 Å². The molecule has 0 spiro atoms. The van der Waals surface area contributed by atoms with E-state index in [1.807, 2.05) is 17.4 Å². The van der Waals surface area contributed by atoms with Gasteiger partial charge in [-0.1, -0.05) is 13.5 Å². The molecule has 0 amide bonds. The Labute approximate surface area is 171 Å². The highest BCUT2D eigenvalue weighted by atomic mass is 32.2. The lowest BCUT2D eigenvalue weighted by Crippen LogP contribution is -2.30. The highest BCUT2D eigenvalue weighted by Crippen LogP contribution is 2.37. The van der Waals surface area contributed by atoms with Crippen LogP contribution < -0.4 is 4.90 Å². The lowest BCUT2D eigenvalue weighted by Gasteiger charge is -2.25. The fraction of sp³-hybridized carbons (Fsp3) is 0.474. The van der Waals surface area contributed by atoms with Crippen molar-refractivity contribution in [3.8, 4) is 0 Å². The molecular formula is C19H22F3N5O2S. The molecule has 1 aliphatic heterocycles. The van der Waals surface area contributed by atoms with Crippen LogP contribution in [0.3, 0.4) is 0 Å². The summed E-state index contributed by atoms with van der Waals surface area (Å²) in [5.41, 5.74) is 2.20. The zero-order valence-electron chi connectivity index (χ0n) is 16.4. The van der Waals surface area contributed by atoms with Gasteiger partial charge >= 0.3 is 6.18 Å². The third-order valence-electron chi connectivity index (χ3n) is 5.71. The summed E-state index contributed by atoms with van der Waals surface area (Å²) in [6, 6.07) is 1.90. The molecule has 4 heterocycles. The number of anilines is 1. The van der Waals surface area contributed by atoms with Crippen LogP contribution >= 0.6 is 0 Å². The number of nitrogens with one attached hydrogen (secondary N) is 1. The number of halogens is 3. The summed E-state index contributed by atoms with van der Waals surface area (Å²) in [7, 11) is -4.05. The first-order valence-corrected chi connectivity index (χ1v) is 11.3. The fourth-order valence-corrected chi connectivity index (χ4v) is 5.55. The van der Waals surface area contributed by atoms with Gasteiger partial charge in [0.15, 0.2) is 21.1 Å². The third-order valence-corrected chi connectivity index (χ3v) is 7.59. The van der Waals surface area contributed by atoms with Gasteiger partial charge in [0, 0.05) is 29.6 Å². The minimum Gasteiger partial charge on any atom is -0.353 e. The van der Waals surface area contributed by atoms with E-state index in [1.165, 1.54) is 0 Å². The van der Waals surface area contributed by atoms with E-state index in [4.69, 9.17) is 0 Å². The second-order valence-corrected chi connectivity index (χ2v) is 9.74. The predicted octanol–water partition coefficient (Wildman–Crippen LogP) is 3.70. The second-order valence-electron chi connectivity index (χ2n) is 7.58. The summed E-state index contributed by atoms with van der Waals surface area (Å²) in [4.78, 5) is 13.7. The molecule has 0 bridgehead atoms. The summed E-state index contributed by atoms with van der Waals surface area (Å²) in [6.07, 6.45) is 0.518. The predicted molar refractivity (Wildman–Crippen MR) is 108 cm³/mol. The third kappa shape index (κ3) is 3.66. The number of aromatic amines is 1. The molecule has 1 N–H and O–H groups in total. The smallest absolute Gasteiger partial charge is 0.353 e. The van der Waals surface area contributed by atoms with Crippen molar-refractivity contribution in [2.75, 3.05) is 17.2 Å². The minimum atomic E-state index is -4.52. The quantitative estimate of drug-likeness (QED) is 0.631. The van der Waals surface area contributed by atoms with Crippen LogP contribution in [-0.4, -0.2) is 52.3 Å². The molecule has 3 aromatic rings. The van der Waals surface area contributed by atoms with E-state index in [1.54, 1.807) is 18.6 Å². The van der Waals surface area contributed by atoms with Crippen molar-refractivity contribution in [2.45, 2.75) is 38.4 Å². The average Bonchev–Trinajstić information content (AvgIpc) is 3.40.